The molecule has 1 saturated carbocycles. The highest BCUT2D eigenvalue weighted by atomic mass is 15.2. The molecular formula is C14H23N3. The van der Waals surface area contributed by atoms with E-state index in [1.54, 1.807) is 0 Å². The van der Waals surface area contributed by atoms with Crippen LogP contribution in [0.3, 0.4) is 0 Å². The molecule has 1 heterocycles. The van der Waals surface area contributed by atoms with Gasteiger partial charge >= 0.3 is 0 Å². The Morgan fingerprint density at radius 2 is 2.29 bits per heavy atom. The molecule has 0 radical (unpaired) electrons. The monoisotopic (exact) mass is 233 g/mol. The standard InChI is InChI=1S/C14H23N3/c1-10-7-13(10)9-17(3)14(11(2)15)12-5-4-6-16-8-12/h4-6,8,10-11,13-14H,7,9,15H2,1-3H3. The van der Waals surface area contributed by atoms with Gasteiger partial charge in [-0.05, 0) is 43.9 Å². The van der Waals surface area contributed by atoms with Crippen LogP contribution in [-0.4, -0.2) is 29.5 Å². The lowest BCUT2D eigenvalue weighted by atomic mass is 10.0. The van der Waals surface area contributed by atoms with Crippen molar-refractivity contribution < 1.29 is 0 Å². The second-order valence-electron chi connectivity index (χ2n) is 5.50. The number of hydrogen-bond acceptors (Lipinski definition) is 3. The minimum atomic E-state index is 0.123. The molecule has 0 aliphatic heterocycles. The molecule has 17 heavy (non-hydrogen) atoms. The smallest absolute Gasteiger partial charge is 0.0509 e. The van der Waals surface area contributed by atoms with Crippen molar-refractivity contribution in [3.8, 4) is 0 Å². The third kappa shape index (κ3) is 3.05. The third-order valence-corrected chi connectivity index (χ3v) is 3.80. The fourth-order valence-corrected chi connectivity index (χ4v) is 2.65. The van der Waals surface area contributed by atoms with E-state index in [2.05, 4.69) is 36.8 Å². The van der Waals surface area contributed by atoms with Crippen LogP contribution < -0.4 is 5.73 Å². The number of likely N-dealkylation sites (N-methyl/N-ethyl adjacent to an activating group) is 1. The van der Waals surface area contributed by atoms with E-state index < -0.39 is 0 Å². The second-order valence-corrected chi connectivity index (χ2v) is 5.50. The van der Waals surface area contributed by atoms with Crippen LogP contribution in [-0.2, 0) is 0 Å². The molecule has 1 aliphatic rings. The average molecular weight is 233 g/mol. The van der Waals surface area contributed by atoms with Gasteiger partial charge in [-0.25, -0.2) is 0 Å². The zero-order valence-electron chi connectivity index (χ0n) is 11.0. The number of pyridine rings is 1. The molecule has 1 fully saturated rings. The van der Waals surface area contributed by atoms with E-state index in [0.29, 0.717) is 0 Å². The number of hydrogen-bond donors (Lipinski definition) is 1. The highest BCUT2D eigenvalue weighted by Gasteiger charge is 2.35. The topological polar surface area (TPSA) is 42.1 Å². The number of nitrogens with zero attached hydrogens (tertiary/aromatic N) is 2. The summed E-state index contributed by atoms with van der Waals surface area (Å²) in [6, 6.07) is 4.50. The lowest BCUT2D eigenvalue weighted by Gasteiger charge is -2.31. The maximum atomic E-state index is 6.13. The minimum absolute atomic E-state index is 0.123. The van der Waals surface area contributed by atoms with Crippen LogP contribution in [0.15, 0.2) is 24.5 Å². The summed E-state index contributed by atoms with van der Waals surface area (Å²) in [5.41, 5.74) is 7.35. The Balaban J connectivity index is 2.06. The summed E-state index contributed by atoms with van der Waals surface area (Å²) in [4.78, 5) is 6.58. The summed E-state index contributed by atoms with van der Waals surface area (Å²) < 4.78 is 0. The molecule has 4 atom stereocenters. The fourth-order valence-electron chi connectivity index (χ4n) is 2.65. The Morgan fingerprint density at radius 1 is 1.59 bits per heavy atom. The van der Waals surface area contributed by atoms with E-state index in [9.17, 15) is 0 Å². The fraction of sp³-hybridized carbons (Fsp3) is 0.643. The van der Waals surface area contributed by atoms with Gasteiger partial charge in [0.25, 0.3) is 0 Å². The van der Waals surface area contributed by atoms with Gasteiger partial charge in [-0.2, -0.15) is 0 Å². The second kappa shape index (κ2) is 5.15. The summed E-state index contributed by atoms with van der Waals surface area (Å²) in [6.07, 6.45) is 5.11. The Bertz CT molecular complexity index is 350. The number of nitrogens with two attached hydrogens (primary N) is 1. The first-order chi connectivity index (χ1) is 8.09. The third-order valence-electron chi connectivity index (χ3n) is 3.80. The summed E-state index contributed by atoms with van der Waals surface area (Å²) in [6.45, 7) is 5.54. The van der Waals surface area contributed by atoms with Crippen molar-refractivity contribution in [2.24, 2.45) is 17.6 Å². The van der Waals surface area contributed by atoms with Crippen molar-refractivity contribution in [1.82, 2.24) is 9.88 Å². The lowest BCUT2D eigenvalue weighted by molar-refractivity contribution is 0.207. The molecule has 3 nitrogen and oxygen atoms in total. The van der Waals surface area contributed by atoms with Gasteiger partial charge in [0, 0.05) is 25.0 Å². The van der Waals surface area contributed by atoms with Crippen LogP contribution in [0.25, 0.3) is 0 Å². The lowest BCUT2D eigenvalue weighted by Crippen LogP contribution is -2.38. The molecule has 0 amide bonds. The van der Waals surface area contributed by atoms with Crippen molar-refractivity contribution >= 4 is 0 Å². The van der Waals surface area contributed by atoms with E-state index in [1.807, 2.05) is 18.5 Å². The zero-order chi connectivity index (χ0) is 12.4. The molecule has 2 N–H and O–H groups in total. The molecule has 1 aromatic heterocycles. The average Bonchev–Trinajstić information content (AvgIpc) is 2.95. The Kier molecular flexibility index (Phi) is 3.79. The van der Waals surface area contributed by atoms with E-state index in [4.69, 9.17) is 5.73 Å². The highest BCUT2D eigenvalue weighted by Crippen LogP contribution is 2.39. The van der Waals surface area contributed by atoms with Gasteiger partial charge in [0.2, 0.25) is 0 Å². The van der Waals surface area contributed by atoms with Crippen LogP contribution in [0.2, 0.25) is 0 Å². The molecule has 4 unspecified atom stereocenters. The number of rotatable bonds is 5. The first-order valence-corrected chi connectivity index (χ1v) is 6.45. The van der Waals surface area contributed by atoms with Crippen LogP contribution in [0, 0.1) is 11.8 Å². The van der Waals surface area contributed by atoms with Crippen molar-refractivity contribution in [2.45, 2.75) is 32.4 Å². The zero-order valence-corrected chi connectivity index (χ0v) is 11.0. The van der Waals surface area contributed by atoms with Crippen LogP contribution >= 0.6 is 0 Å². The van der Waals surface area contributed by atoms with E-state index in [1.165, 1.54) is 12.0 Å². The molecular weight excluding hydrogens is 210 g/mol. The molecule has 0 aromatic carbocycles. The summed E-state index contributed by atoms with van der Waals surface area (Å²) in [7, 11) is 2.17. The van der Waals surface area contributed by atoms with E-state index in [-0.39, 0.29) is 12.1 Å². The van der Waals surface area contributed by atoms with Crippen LogP contribution in [0.5, 0.6) is 0 Å². The van der Waals surface area contributed by atoms with Crippen LogP contribution in [0.1, 0.15) is 31.9 Å². The molecule has 0 spiro atoms. The summed E-state index contributed by atoms with van der Waals surface area (Å²) >= 11 is 0. The van der Waals surface area contributed by atoms with Crippen LogP contribution in [0.4, 0.5) is 0 Å². The molecule has 1 aliphatic carbocycles. The van der Waals surface area contributed by atoms with Crippen molar-refractivity contribution in [3.05, 3.63) is 30.1 Å². The van der Waals surface area contributed by atoms with Crippen molar-refractivity contribution in [3.63, 3.8) is 0 Å². The first-order valence-electron chi connectivity index (χ1n) is 6.45. The van der Waals surface area contributed by atoms with Gasteiger partial charge < -0.3 is 5.73 Å². The van der Waals surface area contributed by atoms with Crippen molar-refractivity contribution in [1.29, 1.82) is 0 Å². The number of aromatic nitrogens is 1. The first kappa shape index (κ1) is 12.5. The maximum Gasteiger partial charge on any atom is 0.0509 e. The van der Waals surface area contributed by atoms with Gasteiger partial charge in [0.1, 0.15) is 0 Å². The van der Waals surface area contributed by atoms with Gasteiger partial charge in [-0.3, -0.25) is 9.88 Å². The highest BCUT2D eigenvalue weighted by molar-refractivity contribution is 5.16. The predicted octanol–water partition coefficient (Wildman–Crippen LogP) is 2.06. The SMILES string of the molecule is CC(N)C(c1cccnc1)N(C)CC1CC1C. The van der Waals surface area contributed by atoms with Gasteiger partial charge in [-0.1, -0.05) is 13.0 Å². The Hall–Kier alpha value is -0.930. The molecule has 2 rings (SSSR count). The summed E-state index contributed by atoms with van der Waals surface area (Å²) in [5.74, 6) is 1.75. The van der Waals surface area contributed by atoms with Crippen molar-refractivity contribution in [2.75, 3.05) is 13.6 Å². The molecule has 94 valence electrons. The van der Waals surface area contributed by atoms with Gasteiger partial charge in [0.15, 0.2) is 0 Å². The molecule has 1 aromatic rings. The molecule has 0 bridgehead atoms. The maximum absolute atomic E-state index is 6.13. The quantitative estimate of drug-likeness (QED) is 0.846. The Labute approximate surface area is 104 Å². The van der Waals surface area contributed by atoms with E-state index in [0.717, 1.165) is 18.4 Å². The largest absolute Gasteiger partial charge is 0.326 e. The Morgan fingerprint density at radius 3 is 2.76 bits per heavy atom. The van der Waals surface area contributed by atoms with Gasteiger partial charge in [-0.15, -0.1) is 0 Å². The molecule has 3 heteroatoms. The van der Waals surface area contributed by atoms with Gasteiger partial charge in [0.05, 0.1) is 6.04 Å². The normalized spacial score (nSPS) is 26.9. The minimum Gasteiger partial charge on any atom is -0.326 e. The predicted molar refractivity (Wildman–Crippen MR) is 70.5 cm³/mol. The molecule has 0 saturated heterocycles. The van der Waals surface area contributed by atoms with E-state index >= 15 is 0 Å². The summed E-state index contributed by atoms with van der Waals surface area (Å²) in [5, 5.41) is 0.